The number of sulfonamides is 1. The number of carbonyl (C=O) groups is 2. The Hall–Kier alpha value is -2.91. The molecule has 1 amide bonds. The minimum absolute atomic E-state index is 0.0100. The second-order valence-corrected chi connectivity index (χ2v) is 10.3. The van der Waals surface area contributed by atoms with Crippen molar-refractivity contribution in [2.24, 2.45) is 5.92 Å². The highest BCUT2D eigenvalue weighted by Gasteiger charge is 2.35. The normalized spacial score (nSPS) is 15.0. The fourth-order valence-corrected chi connectivity index (χ4v) is 5.73. The van der Waals surface area contributed by atoms with E-state index in [0.717, 1.165) is 11.3 Å². The van der Waals surface area contributed by atoms with Crippen molar-refractivity contribution in [1.82, 2.24) is 9.21 Å². The maximum absolute atomic E-state index is 13.2. The van der Waals surface area contributed by atoms with E-state index < -0.39 is 16.0 Å². The number of hydrogen-bond donors (Lipinski definition) is 0. The zero-order chi connectivity index (χ0) is 24.7. The molecular formula is C25H32N2O6S. The van der Waals surface area contributed by atoms with Crippen molar-refractivity contribution in [3.05, 3.63) is 59.7 Å². The Kier molecular flexibility index (Phi) is 8.68. The number of amides is 1. The van der Waals surface area contributed by atoms with E-state index in [1.54, 1.807) is 24.1 Å². The zero-order valence-corrected chi connectivity index (χ0v) is 20.7. The Labute approximate surface area is 201 Å². The van der Waals surface area contributed by atoms with Crippen molar-refractivity contribution in [3.63, 3.8) is 0 Å². The first-order valence-corrected chi connectivity index (χ1v) is 12.8. The van der Waals surface area contributed by atoms with E-state index in [-0.39, 0.29) is 35.4 Å². The van der Waals surface area contributed by atoms with Gasteiger partial charge in [-0.05, 0) is 49.9 Å². The van der Waals surface area contributed by atoms with Crippen LogP contribution in [0.2, 0.25) is 0 Å². The maximum atomic E-state index is 13.2. The molecule has 1 aliphatic heterocycles. The summed E-state index contributed by atoms with van der Waals surface area (Å²) in [6, 6.07) is 13.8. The number of esters is 1. The van der Waals surface area contributed by atoms with Crippen LogP contribution in [0.1, 0.15) is 35.2 Å². The fourth-order valence-electron chi connectivity index (χ4n) is 4.08. The Morgan fingerprint density at radius 2 is 1.71 bits per heavy atom. The molecule has 0 radical (unpaired) electrons. The number of para-hydroxylation sites is 1. The van der Waals surface area contributed by atoms with Gasteiger partial charge < -0.3 is 14.4 Å². The predicted octanol–water partition coefficient (Wildman–Crippen LogP) is 3.11. The van der Waals surface area contributed by atoms with E-state index >= 15 is 0 Å². The number of aryl methyl sites for hydroxylation is 1. The summed E-state index contributed by atoms with van der Waals surface area (Å²) in [6.45, 7) is 3.51. The molecule has 3 rings (SSSR count). The van der Waals surface area contributed by atoms with Crippen LogP contribution in [0.3, 0.4) is 0 Å². The lowest BCUT2D eigenvalue weighted by atomic mass is 9.96. The van der Waals surface area contributed by atoms with Crippen LogP contribution in [-0.4, -0.2) is 69.9 Å². The molecule has 0 aromatic heterocycles. The first kappa shape index (κ1) is 25.7. The molecule has 1 saturated heterocycles. The predicted molar refractivity (Wildman–Crippen MR) is 128 cm³/mol. The molecule has 1 fully saturated rings. The van der Waals surface area contributed by atoms with Crippen LogP contribution in [0.25, 0.3) is 0 Å². The number of benzene rings is 2. The Morgan fingerprint density at radius 1 is 1.06 bits per heavy atom. The monoisotopic (exact) mass is 488 g/mol. The molecule has 0 saturated carbocycles. The third-order valence-electron chi connectivity index (χ3n) is 6.08. The van der Waals surface area contributed by atoms with E-state index in [9.17, 15) is 18.0 Å². The molecule has 0 N–H and O–H groups in total. The van der Waals surface area contributed by atoms with Crippen LogP contribution in [-0.2, 0) is 19.6 Å². The summed E-state index contributed by atoms with van der Waals surface area (Å²) >= 11 is 0. The highest BCUT2D eigenvalue weighted by molar-refractivity contribution is 7.89. The molecule has 8 nitrogen and oxygen atoms in total. The quantitative estimate of drug-likeness (QED) is 0.398. The van der Waals surface area contributed by atoms with Gasteiger partial charge in [0, 0.05) is 32.6 Å². The van der Waals surface area contributed by atoms with Gasteiger partial charge in [0.1, 0.15) is 5.75 Å². The van der Waals surface area contributed by atoms with Crippen LogP contribution >= 0.6 is 0 Å². The summed E-state index contributed by atoms with van der Waals surface area (Å²) in [7, 11) is -0.888. The molecule has 2 aromatic carbocycles. The van der Waals surface area contributed by atoms with Gasteiger partial charge in [-0.2, -0.15) is 4.31 Å². The van der Waals surface area contributed by atoms with Gasteiger partial charge in [-0.25, -0.2) is 13.2 Å². The van der Waals surface area contributed by atoms with E-state index in [1.807, 2.05) is 31.2 Å². The van der Waals surface area contributed by atoms with E-state index in [4.69, 9.17) is 9.47 Å². The van der Waals surface area contributed by atoms with Gasteiger partial charge >= 0.3 is 5.97 Å². The minimum Gasteiger partial charge on any atom is -0.493 e. The highest BCUT2D eigenvalue weighted by atomic mass is 32.2. The second kappa shape index (κ2) is 11.5. The standard InChI is InChI=1S/C25H32N2O6S/c1-19-9-4-6-11-22(19)33-18-8-15-26(2)24(28)20-13-16-27(17-14-20)34(30,31)23-12-7-5-10-21(23)25(29)32-3/h4-7,9-12,20H,8,13-18H2,1-3H3. The van der Waals surface area contributed by atoms with E-state index in [1.165, 1.54) is 23.5 Å². The average molecular weight is 489 g/mol. The number of hydrogen-bond acceptors (Lipinski definition) is 6. The topological polar surface area (TPSA) is 93.2 Å². The molecule has 0 spiro atoms. The van der Waals surface area contributed by atoms with Crippen LogP contribution in [0, 0.1) is 12.8 Å². The Bertz CT molecular complexity index is 1110. The molecule has 34 heavy (non-hydrogen) atoms. The van der Waals surface area contributed by atoms with E-state index in [0.29, 0.717) is 32.4 Å². The maximum Gasteiger partial charge on any atom is 0.339 e. The summed E-state index contributed by atoms with van der Waals surface area (Å²) in [5.41, 5.74) is 1.08. The molecule has 0 aliphatic carbocycles. The first-order valence-electron chi connectivity index (χ1n) is 11.4. The van der Waals surface area contributed by atoms with Crippen LogP contribution < -0.4 is 4.74 Å². The van der Waals surface area contributed by atoms with Crippen molar-refractivity contribution in [1.29, 1.82) is 0 Å². The van der Waals surface area contributed by atoms with Crippen LogP contribution in [0.5, 0.6) is 5.75 Å². The molecule has 0 unspecified atom stereocenters. The van der Waals surface area contributed by atoms with Gasteiger partial charge in [0.05, 0.1) is 24.2 Å². The first-order chi connectivity index (χ1) is 16.3. The third-order valence-corrected chi connectivity index (χ3v) is 8.04. The van der Waals surface area contributed by atoms with Crippen LogP contribution in [0.4, 0.5) is 0 Å². The van der Waals surface area contributed by atoms with Crippen molar-refractivity contribution in [3.8, 4) is 5.75 Å². The van der Waals surface area contributed by atoms with Gasteiger partial charge in [0.15, 0.2) is 0 Å². The molecule has 184 valence electrons. The van der Waals surface area contributed by atoms with Gasteiger partial charge in [0.25, 0.3) is 0 Å². The number of ether oxygens (including phenoxy) is 2. The van der Waals surface area contributed by atoms with Crippen molar-refractivity contribution >= 4 is 21.9 Å². The molecule has 0 bridgehead atoms. The largest absolute Gasteiger partial charge is 0.493 e. The Morgan fingerprint density at radius 3 is 2.38 bits per heavy atom. The number of piperidine rings is 1. The van der Waals surface area contributed by atoms with Gasteiger partial charge in [-0.3, -0.25) is 4.79 Å². The average Bonchev–Trinajstić information content (AvgIpc) is 2.86. The smallest absolute Gasteiger partial charge is 0.339 e. The lowest BCUT2D eigenvalue weighted by molar-refractivity contribution is -0.135. The SMILES string of the molecule is COC(=O)c1ccccc1S(=O)(=O)N1CCC(C(=O)N(C)CCCOc2ccccc2C)CC1. The number of nitrogens with zero attached hydrogens (tertiary/aromatic N) is 2. The van der Waals surface area contributed by atoms with Gasteiger partial charge in [0.2, 0.25) is 15.9 Å². The molecule has 2 aromatic rings. The number of rotatable bonds is 9. The summed E-state index contributed by atoms with van der Waals surface area (Å²) in [4.78, 5) is 26.5. The van der Waals surface area contributed by atoms with Crippen molar-refractivity contribution in [2.45, 2.75) is 31.1 Å². The molecular weight excluding hydrogens is 456 g/mol. The molecule has 0 atom stereocenters. The van der Waals surface area contributed by atoms with Crippen molar-refractivity contribution in [2.75, 3.05) is 40.4 Å². The van der Waals surface area contributed by atoms with Gasteiger partial charge in [-0.1, -0.05) is 30.3 Å². The minimum atomic E-state index is -3.87. The summed E-state index contributed by atoms with van der Waals surface area (Å²) in [5, 5.41) is 0. The van der Waals surface area contributed by atoms with Gasteiger partial charge in [-0.15, -0.1) is 0 Å². The summed E-state index contributed by atoms with van der Waals surface area (Å²) < 4.78 is 38.2. The summed E-state index contributed by atoms with van der Waals surface area (Å²) in [5.74, 6) is -0.0661. The van der Waals surface area contributed by atoms with Crippen LogP contribution in [0.15, 0.2) is 53.4 Å². The Balaban J connectivity index is 1.51. The molecule has 9 heteroatoms. The zero-order valence-electron chi connectivity index (χ0n) is 19.9. The third kappa shape index (κ3) is 5.95. The highest BCUT2D eigenvalue weighted by Crippen LogP contribution is 2.27. The lowest BCUT2D eigenvalue weighted by Crippen LogP contribution is -2.44. The van der Waals surface area contributed by atoms with E-state index in [2.05, 4.69) is 0 Å². The lowest BCUT2D eigenvalue weighted by Gasteiger charge is -2.32. The number of methoxy groups -OCH3 is 1. The van der Waals surface area contributed by atoms with Crippen molar-refractivity contribution < 1.29 is 27.5 Å². The fraction of sp³-hybridized carbons (Fsp3) is 0.440. The number of carbonyl (C=O) groups excluding carboxylic acids is 2. The molecule has 1 heterocycles. The summed E-state index contributed by atoms with van der Waals surface area (Å²) in [6.07, 6.45) is 1.57. The second-order valence-electron chi connectivity index (χ2n) is 8.39. The molecule has 1 aliphatic rings.